The van der Waals surface area contributed by atoms with Gasteiger partial charge in [0.1, 0.15) is 6.10 Å². The summed E-state index contributed by atoms with van der Waals surface area (Å²) in [5, 5.41) is 3.25. The highest BCUT2D eigenvalue weighted by atomic mass is 16.5. The summed E-state index contributed by atoms with van der Waals surface area (Å²) in [6.07, 6.45) is 4.87. The molecule has 0 bridgehead atoms. The van der Waals surface area contributed by atoms with Crippen molar-refractivity contribution in [3.8, 4) is 5.88 Å². The SMILES string of the molecule is CN=C/C(=C\N)c1cnc2c(c1)NCC(CN)O2.c1ccccc1. The normalized spacial score (nSPS) is 16.4. The first-order chi connectivity index (χ1) is 11.8. The van der Waals surface area contributed by atoms with Crippen LogP contribution in [0.3, 0.4) is 0 Å². The number of nitrogens with zero attached hydrogens (tertiary/aromatic N) is 2. The van der Waals surface area contributed by atoms with E-state index in [2.05, 4.69) is 15.3 Å². The third kappa shape index (κ3) is 4.82. The molecule has 1 atom stereocenters. The summed E-state index contributed by atoms with van der Waals surface area (Å²) in [7, 11) is 1.70. The topological polar surface area (TPSA) is 98.5 Å². The molecule has 1 aromatic heterocycles. The van der Waals surface area contributed by atoms with E-state index in [4.69, 9.17) is 16.2 Å². The van der Waals surface area contributed by atoms with Gasteiger partial charge in [0.2, 0.25) is 5.88 Å². The van der Waals surface area contributed by atoms with Gasteiger partial charge in [0, 0.05) is 43.3 Å². The van der Waals surface area contributed by atoms with Crippen LogP contribution in [-0.4, -0.2) is 37.4 Å². The van der Waals surface area contributed by atoms with E-state index in [-0.39, 0.29) is 6.10 Å². The minimum atomic E-state index is -0.0300. The third-order valence-corrected chi connectivity index (χ3v) is 3.36. The van der Waals surface area contributed by atoms with E-state index in [0.717, 1.165) is 16.8 Å². The zero-order valence-electron chi connectivity index (χ0n) is 13.7. The molecule has 0 aliphatic carbocycles. The minimum Gasteiger partial charge on any atom is -0.470 e. The van der Waals surface area contributed by atoms with Crippen LogP contribution in [0.25, 0.3) is 5.57 Å². The zero-order valence-corrected chi connectivity index (χ0v) is 13.7. The Bertz CT molecular complexity index is 658. The Hall–Kier alpha value is -2.86. The number of nitrogens with two attached hydrogens (primary N) is 2. The first kappa shape index (κ1) is 17.5. The van der Waals surface area contributed by atoms with Crippen LogP contribution < -0.4 is 21.5 Å². The van der Waals surface area contributed by atoms with Gasteiger partial charge in [0.15, 0.2) is 0 Å². The van der Waals surface area contributed by atoms with Gasteiger partial charge in [-0.2, -0.15) is 0 Å². The van der Waals surface area contributed by atoms with Crippen molar-refractivity contribution < 1.29 is 4.74 Å². The third-order valence-electron chi connectivity index (χ3n) is 3.36. The molecule has 0 amide bonds. The second-order valence-corrected chi connectivity index (χ2v) is 5.10. The summed E-state index contributed by atoms with van der Waals surface area (Å²) in [5.74, 6) is 0.574. The Kier molecular flexibility index (Phi) is 6.79. The van der Waals surface area contributed by atoms with Crippen molar-refractivity contribution in [2.24, 2.45) is 16.5 Å². The first-order valence-electron chi connectivity index (χ1n) is 7.73. The highest BCUT2D eigenvalue weighted by Gasteiger charge is 2.19. The van der Waals surface area contributed by atoms with E-state index in [1.807, 2.05) is 42.5 Å². The van der Waals surface area contributed by atoms with Crippen LogP contribution in [0.4, 0.5) is 5.69 Å². The number of aliphatic imine (C=N–C) groups is 1. The lowest BCUT2D eigenvalue weighted by atomic mass is 10.1. The average molecular weight is 325 g/mol. The number of hydrogen-bond acceptors (Lipinski definition) is 6. The van der Waals surface area contributed by atoms with Gasteiger partial charge in [-0.05, 0) is 6.07 Å². The van der Waals surface area contributed by atoms with Gasteiger partial charge >= 0.3 is 0 Å². The predicted octanol–water partition coefficient (Wildman–Crippen LogP) is 1.90. The number of benzene rings is 1. The van der Waals surface area contributed by atoms with E-state index in [1.54, 1.807) is 19.5 Å². The Morgan fingerprint density at radius 3 is 2.54 bits per heavy atom. The molecule has 5 N–H and O–H groups in total. The fourth-order valence-electron chi connectivity index (χ4n) is 2.12. The predicted molar refractivity (Wildman–Crippen MR) is 99.2 cm³/mol. The minimum absolute atomic E-state index is 0.0300. The summed E-state index contributed by atoms with van der Waals surface area (Å²) in [4.78, 5) is 8.22. The van der Waals surface area contributed by atoms with Crippen molar-refractivity contribution in [3.63, 3.8) is 0 Å². The highest BCUT2D eigenvalue weighted by Crippen LogP contribution is 2.28. The molecular weight excluding hydrogens is 302 g/mol. The van der Waals surface area contributed by atoms with Crippen LogP contribution in [0.2, 0.25) is 0 Å². The lowest BCUT2D eigenvalue weighted by molar-refractivity contribution is 0.205. The summed E-state index contributed by atoms with van der Waals surface area (Å²) in [5.41, 5.74) is 13.7. The molecule has 0 spiro atoms. The van der Waals surface area contributed by atoms with Crippen molar-refractivity contribution >= 4 is 17.5 Å². The lowest BCUT2D eigenvalue weighted by Crippen LogP contribution is -2.37. The number of aromatic nitrogens is 1. The van der Waals surface area contributed by atoms with Crippen LogP contribution >= 0.6 is 0 Å². The molecule has 0 saturated heterocycles. The lowest BCUT2D eigenvalue weighted by Gasteiger charge is -2.25. The fraction of sp³-hybridized carbons (Fsp3) is 0.222. The summed E-state index contributed by atoms with van der Waals surface area (Å²) < 4.78 is 5.63. The van der Waals surface area contributed by atoms with Gasteiger partial charge in [-0.3, -0.25) is 4.99 Å². The van der Waals surface area contributed by atoms with E-state index in [0.29, 0.717) is 19.0 Å². The molecule has 0 saturated carbocycles. The standard InChI is InChI=1S/C12H17N5O.C6H6/c1-15-5-9(3-13)8-2-11-12(17-6-8)18-10(4-14)7-16-11;1-2-4-6-5-3-1/h2-3,5-6,10,16H,4,7,13-14H2,1H3;1-6H/b9-3+,15-5?;. The monoisotopic (exact) mass is 325 g/mol. The van der Waals surface area contributed by atoms with Gasteiger partial charge in [-0.15, -0.1) is 0 Å². The first-order valence-corrected chi connectivity index (χ1v) is 7.73. The second-order valence-electron chi connectivity index (χ2n) is 5.10. The number of pyridine rings is 1. The molecule has 6 nitrogen and oxygen atoms in total. The number of nitrogens with one attached hydrogen (secondary N) is 1. The van der Waals surface area contributed by atoms with Crippen molar-refractivity contribution in [1.29, 1.82) is 0 Å². The average Bonchev–Trinajstić information content (AvgIpc) is 2.67. The number of fused-ring (bicyclic) bond motifs is 1. The number of hydrogen-bond donors (Lipinski definition) is 3. The summed E-state index contributed by atoms with van der Waals surface area (Å²) >= 11 is 0. The number of rotatable bonds is 3. The number of allylic oxidation sites excluding steroid dienone is 1. The van der Waals surface area contributed by atoms with Crippen molar-refractivity contribution in [1.82, 2.24) is 4.98 Å². The summed E-state index contributed by atoms with van der Waals surface area (Å²) in [6.45, 7) is 1.14. The van der Waals surface area contributed by atoms with E-state index < -0.39 is 0 Å². The molecule has 1 aromatic carbocycles. The van der Waals surface area contributed by atoms with Gasteiger partial charge in [0.25, 0.3) is 0 Å². The molecule has 126 valence electrons. The smallest absolute Gasteiger partial charge is 0.237 e. The molecule has 3 rings (SSSR count). The maximum Gasteiger partial charge on any atom is 0.237 e. The molecule has 2 aromatic rings. The van der Waals surface area contributed by atoms with E-state index >= 15 is 0 Å². The Balaban J connectivity index is 0.000000292. The highest BCUT2D eigenvalue weighted by molar-refractivity contribution is 6.09. The summed E-state index contributed by atoms with van der Waals surface area (Å²) in [6, 6.07) is 13.9. The van der Waals surface area contributed by atoms with Crippen molar-refractivity contribution in [3.05, 3.63) is 60.4 Å². The molecule has 0 fully saturated rings. The molecule has 1 unspecified atom stereocenters. The molecule has 6 heteroatoms. The Morgan fingerprint density at radius 2 is 2.00 bits per heavy atom. The van der Waals surface area contributed by atoms with Crippen LogP contribution in [0.1, 0.15) is 5.56 Å². The quantitative estimate of drug-likeness (QED) is 0.749. The van der Waals surface area contributed by atoms with Crippen LogP contribution in [0.15, 0.2) is 59.9 Å². The largest absolute Gasteiger partial charge is 0.470 e. The number of ether oxygens (including phenoxy) is 1. The Morgan fingerprint density at radius 1 is 1.33 bits per heavy atom. The second kappa shape index (κ2) is 9.32. The maximum atomic E-state index is 5.63. The van der Waals surface area contributed by atoms with Crippen LogP contribution in [0, 0.1) is 0 Å². The zero-order chi connectivity index (χ0) is 17.2. The van der Waals surface area contributed by atoms with Gasteiger partial charge in [0.05, 0.1) is 12.2 Å². The molecule has 2 heterocycles. The van der Waals surface area contributed by atoms with Gasteiger partial charge < -0.3 is 21.5 Å². The van der Waals surface area contributed by atoms with E-state index in [9.17, 15) is 0 Å². The molecule has 1 aliphatic heterocycles. The van der Waals surface area contributed by atoms with E-state index in [1.165, 1.54) is 6.20 Å². The van der Waals surface area contributed by atoms with Gasteiger partial charge in [-0.1, -0.05) is 36.4 Å². The van der Waals surface area contributed by atoms with Crippen molar-refractivity contribution in [2.75, 3.05) is 25.5 Å². The molecule has 0 radical (unpaired) electrons. The maximum absolute atomic E-state index is 5.63. The number of anilines is 1. The molecular formula is C18H23N5O. The Labute approximate surface area is 142 Å². The molecule has 24 heavy (non-hydrogen) atoms. The molecule has 1 aliphatic rings. The fourth-order valence-corrected chi connectivity index (χ4v) is 2.12. The van der Waals surface area contributed by atoms with Crippen molar-refractivity contribution in [2.45, 2.75) is 6.10 Å². The van der Waals surface area contributed by atoms with Gasteiger partial charge in [-0.25, -0.2) is 4.98 Å². The van der Waals surface area contributed by atoms with Crippen LogP contribution in [0.5, 0.6) is 5.88 Å². The van der Waals surface area contributed by atoms with Crippen LogP contribution in [-0.2, 0) is 0 Å².